The summed E-state index contributed by atoms with van der Waals surface area (Å²) in [6.07, 6.45) is 4.54. The molecule has 1 aromatic carbocycles. The predicted molar refractivity (Wildman–Crippen MR) is 61.6 cm³/mol. The molecule has 0 radical (unpaired) electrons. The van der Waals surface area contributed by atoms with Crippen molar-refractivity contribution in [3.05, 3.63) is 54.2 Å². The Morgan fingerprint density at radius 3 is 2.58 bits per heavy atom. The summed E-state index contributed by atoms with van der Waals surface area (Å²) in [7, 11) is 0. The summed E-state index contributed by atoms with van der Waals surface area (Å²) in [6, 6.07) is 3.71. The molecular weight excluding hydrogens is 257 g/mol. The van der Waals surface area contributed by atoms with Crippen LogP contribution in [0.1, 0.15) is 0 Å². The molecule has 0 fully saturated rings. The fourth-order valence-corrected chi connectivity index (χ4v) is 1.84. The molecule has 0 unspecified atom stereocenters. The molecule has 0 bridgehead atoms. The van der Waals surface area contributed by atoms with Gasteiger partial charge in [0.25, 0.3) is 0 Å². The number of H-pyrrole nitrogens is 1. The Labute approximate surface area is 105 Å². The van der Waals surface area contributed by atoms with Crippen LogP contribution in [0.3, 0.4) is 0 Å². The fourth-order valence-electron chi connectivity index (χ4n) is 1.84. The van der Waals surface area contributed by atoms with E-state index in [1.165, 1.54) is 6.20 Å². The second kappa shape index (κ2) is 4.31. The lowest BCUT2D eigenvalue weighted by Gasteiger charge is -2.03. The highest BCUT2D eigenvalue weighted by Crippen LogP contribution is 2.34. The average Bonchev–Trinajstić information content (AvgIpc) is 3.05. The van der Waals surface area contributed by atoms with Crippen molar-refractivity contribution in [2.45, 2.75) is 0 Å². The molecule has 0 saturated heterocycles. The number of rotatable bonds is 2. The Bertz CT molecular complexity index is 720. The smallest absolute Gasteiger partial charge is 0.195 e. The minimum absolute atomic E-state index is 0.101. The molecule has 2 aromatic heterocycles. The van der Waals surface area contributed by atoms with Gasteiger partial charge in [0.05, 0.1) is 11.8 Å². The van der Waals surface area contributed by atoms with Crippen LogP contribution < -0.4 is 0 Å². The molecule has 3 aromatic rings. The van der Waals surface area contributed by atoms with Gasteiger partial charge in [-0.15, -0.1) is 0 Å². The quantitative estimate of drug-likeness (QED) is 0.716. The third-order valence-electron chi connectivity index (χ3n) is 2.76. The standard InChI is InChI=1S/C13H7F3N2O/c14-10-2-1-8(11(15)12(10)16)9-6-18-19-13(9)7-3-4-17-5-7/h1-6,17H. The van der Waals surface area contributed by atoms with E-state index in [1.807, 2.05) is 0 Å². The van der Waals surface area contributed by atoms with Crippen molar-refractivity contribution in [1.29, 1.82) is 0 Å². The van der Waals surface area contributed by atoms with Gasteiger partial charge in [-0.3, -0.25) is 0 Å². The summed E-state index contributed by atoms with van der Waals surface area (Å²) in [5.74, 6) is -3.73. The molecule has 0 atom stereocenters. The van der Waals surface area contributed by atoms with E-state index in [1.54, 1.807) is 18.5 Å². The van der Waals surface area contributed by atoms with Crippen molar-refractivity contribution in [1.82, 2.24) is 10.1 Å². The van der Waals surface area contributed by atoms with Gasteiger partial charge in [0.2, 0.25) is 0 Å². The highest BCUT2D eigenvalue weighted by Gasteiger charge is 2.20. The third kappa shape index (κ3) is 1.81. The van der Waals surface area contributed by atoms with Crippen molar-refractivity contribution in [3.63, 3.8) is 0 Å². The van der Waals surface area contributed by atoms with Gasteiger partial charge in [0.15, 0.2) is 23.2 Å². The molecule has 0 amide bonds. The molecule has 3 rings (SSSR count). The van der Waals surface area contributed by atoms with Crippen LogP contribution in [0.4, 0.5) is 13.2 Å². The second-order valence-corrected chi connectivity index (χ2v) is 3.89. The van der Waals surface area contributed by atoms with E-state index in [2.05, 4.69) is 10.1 Å². The van der Waals surface area contributed by atoms with Crippen LogP contribution in [0.2, 0.25) is 0 Å². The molecule has 0 aliphatic rings. The number of aromatic amines is 1. The molecule has 1 N–H and O–H groups in total. The lowest BCUT2D eigenvalue weighted by Crippen LogP contribution is -1.93. The van der Waals surface area contributed by atoms with E-state index >= 15 is 0 Å². The van der Waals surface area contributed by atoms with Gasteiger partial charge in [0.1, 0.15) is 0 Å². The first-order valence-electron chi connectivity index (χ1n) is 5.40. The first kappa shape index (κ1) is 11.6. The number of hydrogen-bond acceptors (Lipinski definition) is 2. The van der Waals surface area contributed by atoms with Crippen LogP contribution in [0.15, 0.2) is 41.3 Å². The maximum atomic E-state index is 13.8. The van der Waals surface area contributed by atoms with Crippen LogP contribution in [-0.4, -0.2) is 10.1 Å². The van der Waals surface area contributed by atoms with Crippen molar-refractivity contribution in [2.24, 2.45) is 0 Å². The normalized spacial score (nSPS) is 10.9. The Hall–Kier alpha value is -2.50. The molecule has 3 nitrogen and oxygen atoms in total. The largest absolute Gasteiger partial charge is 0.367 e. The van der Waals surface area contributed by atoms with Crippen LogP contribution in [0.25, 0.3) is 22.5 Å². The molecule has 6 heteroatoms. The molecule has 96 valence electrons. The van der Waals surface area contributed by atoms with Crippen molar-refractivity contribution in [2.75, 3.05) is 0 Å². The SMILES string of the molecule is Fc1ccc(-c2cnoc2-c2cc[nH]c2)c(F)c1F. The van der Waals surface area contributed by atoms with Gasteiger partial charge in [-0.2, -0.15) is 0 Å². The number of nitrogens with one attached hydrogen (secondary N) is 1. The first-order valence-corrected chi connectivity index (χ1v) is 5.40. The van der Waals surface area contributed by atoms with Crippen LogP contribution in [0.5, 0.6) is 0 Å². The van der Waals surface area contributed by atoms with E-state index in [-0.39, 0.29) is 16.9 Å². The van der Waals surface area contributed by atoms with Crippen molar-refractivity contribution < 1.29 is 17.7 Å². The summed E-state index contributed by atoms with van der Waals surface area (Å²) < 4.78 is 45.0. The Morgan fingerprint density at radius 1 is 1.00 bits per heavy atom. The minimum atomic E-state index is -1.52. The molecule has 2 heterocycles. The van der Waals surface area contributed by atoms with Crippen molar-refractivity contribution in [3.8, 4) is 22.5 Å². The molecule has 19 heavy (non-hydrogen) atoms. The Balaban J connectivity index is 2.19. The van der Waals surface area contributed by atoms with Gasteiger partial charge >= 0.3 is 0 Å². The predicted octanol–water partition coefficient (Wildman–Crippen LogP) is 3.75. The number of aromatic nitrogens is 2. The molecule has 0 saturated carbocycles. The second-order valence-electron chi connectivity index (χ2n) is 3.89. The van der Waals surface area contributed by atoms with Gasteiger partial charge in [-0.25, -0.2) is 13.2 Å². The summed E-state index contributed by atoms with van der Waals surface area (Å²) in [6.45, 7) is 0. The van der Waals surface area contributed by atoms with Crippen LogP contribution in [0, 0.1) is 17.5 Å². The average molecular weight is 264 g/mol. The number of halogens is 3. The minimum Gasteiger partial charge on any atom is -0.367 e. The van der Waals surface area contributed by atoms with Gasteiger partial charge < -0.3 is 9.51 Å². The molecular formula is C13H7F3N2O. The van der Waals surface area contributed by atoms with E-state index < -0.39 is 17.5 Å². The molecule has 0 aliphatic heterocycles. The maximum Gasteiger partial charge on any atom is 0.195 e. The zero-order valence-corrected chi connectivity index (χ0v) is 9.45. The summed E-state index contributed by atoms with van der Waals surface area (Å²) >= 11 is 0. The molecule has 0 aliphatic carbocycles. The van der Waals surface area contributed by atoms with E-state index in [0.29, 0.717) is 5.56 Å². The van der Waals surface area contributed by atoms with Gasteiger partial charge in [-0.1, -0.05) is 5.16 Å². The number of benzene rings is 1. The van der Waals surface area contributed by atoms with Gasteiger partial charge in [-0.05, 0) is 18.2 Å². The highest BCUT2D eigenvalue weighted by atomic mass is 19.2. The monoisotopic (exact) mass is 264 g/mol. The van der Waals surface area contributed by atoms with E-state index in [4.69, 9.17) is 4.52 Å². The van der Waals surface area contributed by atoms with E-state index in [0.717, 1.165) is 12.1 Å². The highest BCUT2D eigenvalue weighted by molar-refractivity contribution is 5.79. The summed E-state index contributed by atoms with van der Waals surface area (Å²) in [5.41, 5.74) is 0.795. The topological polar surface area (TPSA) is 41.8 Å². The lowest BCUT2D eigenvalue weighted by molar-refractivity contribution is 0.432. The fraction of sp³-hybridized carbons (Fsp3) is 0. The zero-order chi connectivity index (χ0) is 13.4. The summed E-state index contributed by atoms with van der Waals surface area (Å²) in [4.78, 5) is 2.82. The Kier molecular flexibility index (Phi) is 2.63. The lowest BCUT2D eigenvalue weighted by atomic mass is 10.0. The van der Waals surface area contributed by atoms with Crippen LogP contribution >= 0.6 is 0 Å². The first-order chi connectivity index (χ1) is 9.18. The van der Waals surface area contributed by atoms with Crippen molar-refractivity contribution >= 4 is 0 Å². The van der Waals surface area contributed by atoms with Crippen LogP contribution in [-0.2, 0) is 0 Å². The summed E-state index contributed by atoms with van der Waals surface area (Å²) in [5, 5.41) is 3.58. The maximum absolute atomic E-state index is 13.8. The number of nitrogens with zero attached hydrogens (tertiary/aromatic N) is 1. The van der Waals surface area contributed by atoms with E-state index in [9.17, 15) is 13.2 Å². The van der Waals surface area contributed by atoms with Gasteiger partial charge in [0, 0.05) is 23.5 Å². The number of hydrogen-bond donors (Lipinski definition) is 1. The third-order valence-corrected chi connectivity index (χ3v) is 2.76. The zero-order valence-electron chi connectivity index (χ0n) is 9.45. The Morgan fingerprint density at radius 2 is 1.84 bits per heavy atom. The molecule has 0 spiro atoms.